The second-order valence-electron chi connectivity index (χ2n) is 15.6. The van der Waals surface area contributed by atoms with Crippen molar-refractivity contribution in [3.8, 4) is 11.5 Å². The Morgan fingerprint density at radius 1 is 0.536 bits per heavy atom. The lowest BCUT2D eigenvalue weighted by Gasteiger charge is -2.38. The van der Waals surface area contributed by atoms with Crippen LogP contribution in [0, 0.1) is 11.8 Å². The third-order valence-corrected chi connectivity index (χ3v) is 11.8. The monoisotopic (exact) mass is 764 g/mol. The highest BCUT2D eigenvalue weighted by Gasteiger charge is 2.34. The number of aliphatic hydroxyl groups excluding tert-OH is 4. The first-order valence-corrected chi connectivity index (χ1v) is 20.0. The highest BCUT2D eigenvalue weighted by molar-refractivity contribution is 5.87. The van der Waals surface area contributed by atoms with Gasteiger partial charge in [0, 0.05) is 12.1 Å². The molecule has 2 heterocycles. The fraction of sp³-hybridized carbons (Fsp3) is 0.435. The topological polar surface area (TPSA) is 140 Å². The van der Waals surface area contributed by atoms with Gasteiger partial charge in [0.25, 0.3) is 0 Å². The van der Waals surface area contributed by atoms with Gasteiger partial charge in [-0.15, -0.1) is 0 Å². The number of hydrogen-bond acceptors (Lipinski definition) is 10. The molecular formula is C46H56N2O8. The van der Waals surface area contributed by atoms with Crippen molar-refractivity contribution in [1.82, 2.24) is 9.80 Å². The van der Waals surface area contributed by atoms with Gasteiger partial charge in [0.05, 0.1) is 12.2 Å². The average Bonchev–Trinajstić information content (AvgIpc) is 3.24. The van der Waals surface area contributed by atoms with Crippen LogP contribution in [0.2, 0.25) is 0 Å². The normalized spacial score (nSPS) is 19.3. The van der Waals surface area contributed by atoms with Crippen LogP contribution in [0.3, 0.4) is 0 Å². The molecule has 2 saturated heterocycles. The van der Waals surface area contributed by atoms with Crippen molar-refractivity contribution in [2.45, 2.75) is 88.9 Å². The second kappa shape index (κ2) is 19.6. The van der Waals surface area contributed by atoms with Crippen LogP contribution in [0.5, 0.6) is 11.5 Å². The first-order valence-electron chi connectivity index (χ1n) is 20.0. The van der Waals surface area contributed by atoms with Crippen LogP contribution < -0.4 is 9.47 Å². The minimum atomic E-state index is -2.20. The van der Waals surface area contributed by atoms with Gasteiger partial charge in [-0.25, -0.2) is 9.59 Å². The van der Waals surface area contributed by atoms with Crippen LogP contribution in [-0.4, -0.2) is 92.6 Å². The summed E-state index contributed by atoms with van der Waals surface area (Å²) < 4.78 is 10.5. The molecule has 4 aromatic carbocycles. The largest absolute Gasteiger partial charge is 0.425 e. The number of esters is 2. The van der Waals surface area contributed by atoms with Gasteiger partial charge >= 0.3 is 11.9 Å². The molecule has 6 rings (SSSR count). The Hall–Kier alpha value is -4.42. The Morgan fingerprint density at radius 2 is 0.857 bits per heavy atom. The molecule has 6 atom stereocenters. The summed E-state index contributed by atoms with van der Waals surface area (Å²) in [5, 5.41) is 43.2. The lowest BCUT2D eigenvalue weighted by molar-refractivity contribution is -0.162. The Bertz CT molecular complexity index is 1670. The van der Waals surface area contributed by atoms with Crippen molar-refractivity contribution >= 4 is 11.9 Å². The van der Waals surface area contributed by atoms with Crippen molar-refractivity contribution < 1.29 is 39.5 Å². The van der Waals surface area contributed by atoms with E-state index in [0.717, 1.165) is 64.7 Å². The second-order valence-corrected chi connectivity index (χ2v) is 15.6. The molecule has 298 valence electrons. The SMILES string of the molecule is CC(C(O)c1ccc(OC(=O)[C@H](O)[C@@H](O)C(=O)Oc2ccc(C(O)C(C)N3CCC(Cc4ccccc4)CC3)cc2)cc1)N1CCC(Cc2ccccc2)CC1. The zero-order chi connectivity index (χ0) is 39.6. The van der Waals surface area contributed by atoms with E-state index in [1.807, 2.05) is 26.0 Å². The fourth-order valence-corrected chi connectivity index (χ4v) is 8.06. The molecule has 56 heavy (non-hydrogen) atoms. The highest BCUT2D eigenvalue weighted by Crippen LogP contribution is 2.30. The summed E-state index contributed by atoms with van der Waals surface area (Å²) >= 11 is 0. The number of rotatable bonds is 15. The number of hydrogen-bond donors (Lipinski definition) is 4. The van der Waals surface area contributed by atoms with E-state index < -0.39 is 36.4 Å². The first-order chi connectivity index (χ1) is 27.0. The molecule has 0 spiro atoms. The summed E-state index contributed by atoms with van der Waals surface area (Å²) in [6, 6.07) is 33.4. The molecule has 0 aliphatic carbocycles. The third-order valence-electron chi connectivity index (χ3n) is 11.8. The summed E-state index contributed by atoms with van der Waals surface area (Å²) in [6.45, 7) is 7.61. The number of likely N-dealkylation sites (tertiary alicyclic amines) is 2. The van der Waals surface area contributed by atoms with Crippen LogP contribution in [0.25, 0.3) is 0 Å². The van der Waals surface area contributed by atoms with Gasteiger partial charge in [-0.05, 0) is 137 Å². The van der Waals surface area contributed by atoms with E-state index >= 15 is 0 Å². The fourth-order valence-electron chi connectivity index (χ4n) is 8.06. The van der Waals surface area contributed by atoms with Gasteiger partial charge in [-0.3, -0.25) is 9.80 Å². The maximum absolute atomic E-state index is 12.7. The number of carbonyl (C=O) groups excluding carboxylic acids is 2. The molecule has 4 aromatic rings. The molecule has 0 saturated carbocycles. The zero-order valence-corrected chi connectivity index (χ0v) is 32.4. The summed E-state index contributed by atoms with van der Waals surface area (Å²) in [6.07, 6.45) is 0.462. The van der Waals surface area contributed by atoms with E-state index in [1.54, 1.807) is 24.3 Å². The van der Waals surface area contributed by atoms with Crippen molar-refractivity contribution in [2.24, 2.45) is 11.8 Å². The van der Waals surface area contributed by atoms with Crippen LogP contribution in [-0.2, 0) is 22.4 Å². The van der Waals surface area contributed by atoms with E-state index in [4.69, 9.17) is 9.47 Å². The molecule has 4 N–H and O–H groups in total. The van der Waals surface area contributed by atoms with Crippen molar-refractivity contribution in [1.29, 1.82) is 0 Å². The number of carbonyl (C=O) groups is 2. The quantitative estimate of drug-likeness (QED) is 0.0885. The number of nitrogens with zero attached hydrogens (tertiary/aromatic N) is 2. The molecule has 2 aliphatic heterocycles. The molecule has 2 fully saturated rings. The standard InChI is InChI=1S/C46H56N2O8/c1-31(47-25-21-35(22-26-47)29-33-9-5-3-6-10-33)41(49)37-13-17-39(18-14-37)55-45(53)43(51)44(52)46(54)56-40-19-15-38(16-20-40)42(50)32(2)48-27-23-36(24-28-48)30-34-11-7-4-8-12-34/h3-20,31-32,35-36,41-44,49-52H,21-30H2,1-2H3/t31?,32?,41?,42?,43-,44-/m1/s1. The van der Waals surface area contributed by atoms with Gasteiger partial charge in [0.2, 0.25) is 0 Å². The predicted molar refractivity (Wildman–Crippen MR) is 214 cm³/mol. The Labute approximate surface area is 330 Å². The molecule has 2 aliphatic rings. The van der Waals surface area contributed by atoms with E-state index in [2.05, 4.69) is 58.3 Å². The summed E-state index contributed by atoms with van der Waals surface area (Å²) in [7, 11) is 0. The maximum atomic E-state index is 12.7. The summed E-state index contributed by atoms with van der Waals surface area (Å²) in [5.41, 5.74) is 4.01. The van der Waals surface area contributed by atoms with Crippen LogP contribution in [0.1, 0.15) is 74.0 Å². The average molecular weight is 765 g/mol. The van der Waals surface area contributed by atoms with E-state index in [9.17, 15) is 30.0 Å². The van der Waals surface area contributed by atoms with Crippen molar-refractivity contribution in [2.75, 3.05) is 26.2 Å². The molecule has 4 unspecified atom stereocenters. The van der Waals surface area contributed by atoms with Crippen LogP contribution in [0.4, 0.5) is 0 Å². The molecule has 0 radical (unpaired) electrons. The lowest BCUT2D eigenvalue weighted by atomic mass is 9.89. The van der Waals surface area contributed by atoms with E-state index in [0.29, 0.717) is 23.0 Å². The Kier molecular flexibility index (Phi) is 14.5. The third kappa shape index (κ3) is 10.9. The number of aliphatic hydroxyl groups is 4. The summed E-state index contributed by atoms with van der Waals surface area (Å²) in [5.74, 6) is -1.06. The number of piperidine rings is 2. The molecule has 0 amide bonds. The Morgan fingerprint density at radius 3 is 1.18 bits per heavy atom. The van der Waals surface area contributed by atoms with Crippen molar-refractivity contribution in [3.63, 3.8) is 0 Å². The predicted octanol–water partition coefficient (Wildman–Crippen LogP) is 5.67. The van der Waals surface area contributed by atoms with E-state index in [1.165, 1.54) is 35.4 Å². The lowest BCUT2D eigenvalue weighted by Crippen LogP contribution is -2.43. The van der Waals surface area contributed by atoms with Gasteiger partial charge in [-0.1, -0.05) is 84.9 Å². The molecule has 10 nitrogen and oxygen atoms in total. The van der Waals surface area contributed by atoms with Crippen LogP contribution >= 0.6 is 0 Å². The maximum Gasteiger partial charge on any atom is 0.343 e. The minimum absolute atomic E-state index is 0.0832. The van der Waals surface area contributed by atoms with Crippen LogP contribution in [0.15, 0.2) is 109 Å². The number of benzene rings is 4. The van der Waals surface area contributed by atoms with Gasteiger partial charge in [0.1, 0.15) is 11.5 Å². The van der Waals surface area contributed by atoms with Crippen molar-refractivity contribution in [3.05, 3.63) is 131 Å². The minimum Gasteiger partial charge on any atom is -0.425 e. The highest BCUT2D eigenvalue weighted by atomic mass is 16.6. The van der Waals surface area contributed by atoms with Gasteiger partial charge in [-0.2, -0.15) is 0 Å². The van der Waals surface area contributed by atoms with E-state index in [-0.39, 0.29) is 23.6 Å². The molecule has 0 aromatic heterocycles. The molecule has 10 heteroatoms. The van der Waals surface area contributed by atoms with Gasteiger partial charge in [0.15, 0.2) is 12.2 Å². The molecular weight excluding hydrogens is 709 g/mol. The Balaban J connectivity index is 0.921. The zero-order valence-electron chi connectivity index (χ0n) is 32.4. The first kappa shape index (κ1) is 41.2. The molecule has 0 bridgehead atoms. The van der Waals surface area contributed by atoms with Gasteiger partial charge < -0.3 is 29.9 Å². The smallest absolute Gasteiger partial charge is 0.343 e. The number of ether oxygens (including phenoxy) is 2. The summed E-state index contributed by atoms with van der Waals surface area (Å²) in [4.78, 5) is 29.9.